The van der Waals surface area contributed by atoms with E-state index in [9.17, 15) is 4.79 Å². The predicted octanol–water partition coefficient (Wildman–Crippen LogP) is 2.89. The molecule has 0 saturated heterocycles. The number of nitrogens with zero attached hydrogens (tertiary/aromatic N) is 2. The van der Waals surface area contributed by atoms with Gasteiger partial charge in [-0.2, -0.15) is 0 Å². The van der Waals surface area contributed by atoms with Crippen LogP contribution in [0.3, 0.4) is 0 Å². The maximum Gasteiger partial charge on any atom is 0.254 e. The molecule has 5 nitrogen and oxygen atoms in total. The molecule has 0 bridgehead atoms. The van der Waals surface area contributed by atoms with Crippen LogP contribution in [0.15, 0.2) is 27.8 Å². The zero-order valence-corrected chi connectivity index (χ0v) is 13.6. The second-order valence-corrected chi connectivity index (χ2v) is 6.23. The molecular formula is C15H20BrN3O2. The van der Waals surface area contributed by atoms with E-state index in [1.54, 1.807) is 4.90 Å². The fraction of sp³-hybridized carbons (Fsp3) is 0.467. The third kappa shape index (κ3) is 3.56. The van der Waals surface area contributed by atoms with E-state index in [2.05, 4.69) is 21.1 Å². The van der Waals surface area contributed by atoms with E-state index in [1.165, 1.54) is 0 Å². The van der Waals surface area contributed by atoms with Crippen molar-refractivity contribution in [1.29, 1.82) is 0 Å². The Balaban J connectivity index is 2.30. The van der Waals surface area contributed by atoms with Crippen LogP contribution in [0.4, 0.5) is 0 Å². The number of nitrogens with two attached hydrogens (primary N) is 1. The van der Waals surface area contributed by atoms with Crippen molar-refractivity contribution in [3.63, 3.8) is 0 Å². The molecule has 1 amide bonds. The first-order chi connectivity index (χ1) is 10.0. The van der Waals surface area contributed by atoms with E-state index < -0.39 is 0 Å². The van der Waals surface area contributed by atoms with Gasteiger partial charge in [0.25, 0.3) is 5.91 Å². The normalized spacial score (nSPS) is 16.2. The van der Waals surface area contributed by atoms with Crippen LogP contribution in [0.5, 0.6) is 0 Å². The summed E-state index contributed by atoms with van der Waals surface area (Å²) < 4.78 is 0.906. The van der Waals surface area contributed by atoms with Crippen LogP contribution in [0.1, 0.15) is 41.6 Å². The SMILES string of the molecule is Cc1c(Br)cccc1C(=O)N(CC(N)=NO)C1CCCC1. The Labute approximate surface area is 132 Å². The molecule has 0 heterocycles. The van der Waals surface area contributed by atoms with Crippen LogP contribution in [0.2, 0.25) is 0 Å². The number of carbonyl (C=O) groups is 1. The van der Waals surface area contributed by atoms with Gasteiger partial charge in [0.1, 0.15) is 0 Å². The molecular weight excluding hydrogens is 334 g/mol. The average Bonchev–Trinajstić information content (AvgIpc) is 3.00. The minimum atomic E-state index is -0.0627. The van der Waals surface area contributed by atoms with Crippen LogP contribution >= 0.6 is 15.9 Å². The zero-order valence-electron chi connectivity index (χ0n) is 12.1. The second kappa shape index (κ2) is 6.93. The van der Waals surface area contributed by atoms with Crippen molar-refractivity contribution in [3.05, 3.63) is 33.8 Å². The lowest BCUT2D eigenvalue weighted by Crippen LogP contribution is -2.44. The number of rotatable bonds is 4. The molecule has 114 valence electrons. The van der Waals surface area contributed by atoms with Gasteiger partial charge in [-0.05, 0) is 37.5 Å². The number of amides is 1. The number of oxime groups is 1. The molecule has 1 aliphatic rings. The number of hydrogen-bond acceptors (Lipinski definition) is 3. The van der Waals surface area contributed by atoms with Crippen molar-refractivity contribution in [1.82, 2.24) is 4.90 Å². The molecule has 3 N–H and O–H groups in total. The highest BCUT2D eigenvalue weighted by Crippen LogP contribution is 2.27. The fourth-order valence-electron chi connectivity index (χ4n) is 2.78. The number of carbonyl (C=O) groups excluding carboxylic acids is 1. The predicted molar refractivity (Wildman–Crippen MR) is 85.6 cm³/mol. The van der Waals surface area contributed by atoms with Gasteiger partial charge >= 0.3 is 0 Å². The number of amidine groups is 1. The van der Waals surface area contributed by atoms with E-state index in [-0.39, 0.29) is 24.3 Å². The molecule has 1 aliphatic carbocycles. The maximum absolute atomic E-state index is 12.9. The summed E-state index contributed by atoms with van der Waals surface area (Å²) in [4.78, 5) is 14.6. The van der Waals surface area contributed by atoms with Gasteiger partial charge in [-0.25, -0.2) is 0 Å². The van der Waals surface area contributed by atoms with E-state index in [1.807, 2.05) is 25.1 Å². The molecule has 6 heteroatoms. The maximum atomic E-state index is 12.9. The molecule has 0 aliphatic heterocycles. The molecule has 0 radical (unpaired) electrons. The Morgan fingerprint density at radius 3 is 2.76 bits per heavy atom. The highest BCUT2D eigenvalue weighted by Gasteiger charge is 2.29. The summed E-state index contributed by atoms with van der Waals surface area (Å²) >= 11 is 3.45. The van der Waals surface area contributed by atoms with Crippen LogP contribution in [0.25, 0.3) is 0 Å². The molecule has 21 heavy (non-hydrogen) atoms. The third-order valence-corrected chi connectivity index (χ3v) is 4.84. The minimum Gasteiger partial charge on any atom is -0.409 e. The molecule has 1 aromatic carbocycles. The zero-order chi connectivity index (χ0) is 15.4. The first-order valence-electron chi connectivity index (χ1n) is 7.07. The first kappa shape index (κ1) is 15.8. The van der Waals surface area contributed by atoms with Gasteiger partial charge in [-0.15, -0.1) is 0 Å². The van der Waals surface area contributed by atoms with Crippen molar-refractivity contribution >= 4 is 27.7 Å². The average molecular weight is 354 g/mol. The largest absolute Gasteiger partial charge is 0.409 e. The van der Waals surface area contributed by atoms with Crippen LogP contribution < -0.4 is 5.73 Å². The van der Waals surface area contributed by atoms with Crippen molar-refractivity contribution < 1.29 is 10.0 Å². The first-order valence-corrected chi connectivity index (χ1v) is 7.86. The molecule has 1 fully saturated rings. The molecule has 1 saturated carbocycles. The minimum absolute atomic E-state index is 0.0582. The van der Waals surface area contributed by atoms with Crippen LogP contribution in [-0.4, -0.2) is 34.4 Å². The summed E-state index contributed by atoms with van der Waals surface area (Å²) in [5, 5.41) is 11.8. The van der Waals surface area contributed by atoms with E-state index in [0.29, 0.717) is 5.56 Å². The third-order valence-electron chi connectivity index (χ3n) is 3.99. The Morgan fingerprint density at radius 2 is 2.14 bits per heavy atom. The summed E-state index contributed by atoms with van der Waals surface area (Å²) in [7, 11) is 0. The smallest absolute Gasteiger partial charge is 0.254 e. The van der Waals surface area contributed by atoms with Crippen molar-refractivity contribution in [2.45, 2.75) is 38.6 Å². The quantitative estimate of drug-likeness (QED) is 0.378. The van der Waals surface area contributed by atoms with Crippen LogP contribution in [0, 0.1) is 6.92 Å². The van der Waals surface area contributed by atoms with Gasteiger partial charge in [0.15, 0.2) is 5.84 Å². The second-order valence-electron chi connectivity index (χ2n) is 5.38. The monoisotopic (exact) mass is 353 g/mol. The molecule has 0 atom stereocenters. The number of benzene rings is 1. The molecule has 0 spiro atoms. The summed E-state index contributed by atoms with van der Waals surface area (Å²) in [6.07, 6.45) is 4.17. The Morgan fingerprint density at radius 1 is 1.48 bits per heavy atom. The lowest BCUT2D eigenvalue weighted by Gasteiger charge is -2.29. The van der Waals surface area contributed by atoms with Gasteiger partial charge in [-0.3, -0.25) is 4.79 Å². The highest BCUT2D eigenvalue weighted by atomic mass is 79.9. The Hall–Kier alpha value is -1.56. The lowest BCUT2D eigenvalue weighted by molar-refractivity contribution is 0.0711. The van der Waals surface area contributed by atoms with Gasteiger partial charge in [-0.1, -0.05) is 40.0 Å². The standard InChI is InChI=1S/C15H20BrN3O2/c1-10-12(7-4-8-13(10)16)15(20)19(9-14(17)18-21)11-5-2-3-6-11/h4,7-8,11,21H,2-3,5-6,9H2,1H3,(H2,17,18). The van der Waals surface area contributed by atoms with Gasteiger partial charge in [0.05, 0.1) is 6.54 Å². The van der Waals surface area contributed by atoms with Crippen LogP contribution in [-0.2, 0) is 0 Å². The molecule has 1 aromatic rings. The lowest BCUT2D eigenvalue weighted by atomic mass is 10.1. The number of halogens is 1. The summed E-state index contributed by atoms with van der Waals surface area (Å²) in [6, 6.07) is 5.74. The Bertz CT molecular complexity index is 554. The van der Waals surface area contributed by atoms with Gasteiger partial charge < -0.3 is 15.8 Å². The van der Waals surface area contributed by atoms with Gasteiger partial charge in [0.2, 0.25) is 0 Å². The summed E-state index contributed by atoms with van der Waals surface area (Å²) in [6.45, 7) is 2.07. The summed E-state index contributed by atoms with van der Waals surface area (Å²) in [5.41, 5.74) is 7.18. The van der Waals surface area contributed by atoms with E-state index in [4.69, 9.17) is 10.9 Å². The van der Waals surface area contributed by atoms with Crippen molar-refractivity contribution in [2.75, 3.05) is 6.54 Å². The van der Waals surface area contributed by atoms with Crippen molar-refractivity contribution in [3.8, 4) is 0 Å². The highest BCUT2D eigenvalue weighted by molar-refractivity contribution is 9.10. The molecule has 2 rings (SSSR count). The number of hydrogen-bond donors (Lipinski definition) is 2. The van der Waals surface area contributed by atoms with Crippen molar-refractivity contribution in [2.24, 2.45) is 10.9 Å². The fourth-order valence-corrected chi connectivity index (χ4v) is 3.15. The summed E-state index contributed by atoms with van der Waals surface area (Å²) in [5.74, 6) is -0.00444. The van der Waals surface area contributed by atoms with E-state index in [0.717, 1.165) is 35.7 Å². The molecule has 0 aromatic heterocycles. The topological polar surface area (TPSA) is 78.9 Å². The van der Waals surface area contributed by atoms with E-state index >= 15 is 0 Å². The molecule has 0 unspecified atom stereocenters. The Kier molecular flexibility index (Phi) is 5.22. The van der Waals surface area contributed by atoms with Gasteiger partial charge in [0, 0.05) is 16.1 Å².